The molecule has 0 atom stereocenters. The molecule has 0 spiro atoms. The minimum atomic E-state index is -3.15. The van der Waals surface area contributed by atoms with Crippen molar-refractivity contribution < 1.29 is 48.2 Å². The molecule has 88 valence electrons. The van der Waals surface area contributed by atoms with Crippen molar-refractivity contribution in [2.24, 2.45) is 0 Å². The van der Waals surface area contributed by atoms with Crippen molar-refractivity contribution in [3.05, 3.63) is 29.3 Å². The fourth-order valence-corrected chi connectivity index (χ4v) is 1.28. The third kappa shape index (κ3) is 3.90. The summed E-state index contributed by atoms with van der Waals surface area (Å²) in [6.07, 6.45) is -1.46. The monoisotopic (exact) mass is 252 g/mol. The molecule has 1 rings (SSSR count). The Morgan fingerprint density at radius 1 is 1.65 bits per heavy atom. The van der Waals surface area contributed by atoms with Gasteiger partial charge in [-0.2, -0.15) is 5.10 Å². The first-order valence-corrected chi connectivity index (χ1v) is 4.70. The predicted molar refractivity (Wildman–Crippen MR) is 51.1 cm³/mol. The summed E-state index contributed by atoms with van der Waals surface area (Å²) in [6.45, 7) is 4.05. The maximum atomic E-state index is 11.9. The Labute approximate surface area is 120 Å². The van der Waals surface area contributed by atoms with Crippen LogP contribution in [0.25, 0.3) is 0 Å². The number of carbonyl (C=O) groups excluding carboxylic acids is 1. The molecule has 0 saturated heterocycles. The Hall–Kier alpha value is -0.720. The zero-order valence-electron chi connectivity index (χ0n) is 9.91. The van der Waals surface area contributed by atoms with Crippen LogP contribution in [0.4, 0.5) is 8.78 Å². The summed E-state index contributed by atoms with van der Waals surface area (Å²) in [5.41, 5.74) is 0.738. The Bertz CT molecular complexity index is 430. The zero-order chi connectivity index (χ0) is 12.3. The number of hydrogen-bond donors (Lipinski definition) is 0. The van der Waals surface area contributed by atoms with Crippen LogP contribution in [-0.2, 0) is 6.54 Å². The molecule has 1 aromatic rings. The van der Waals surface area contributed by atoms with Crippen molar-refractivity contribution >= 4 is 5.78 Å². The van der Waals surface area contributed by atoms with Crippen molar-refractivity contribution in [1.82, 2.24) is 9.78 Å². The van der Waals surface area contributed by atoms with Gasteiger partial charge in [0, 0.05) is 12.2 Å². The van der Waals surface area contributed by atoms with E-state index in [1.54, 1.807) is 11.6 Å². The van der Waals surface area contributed by atoms with Gasteiger partial charge >= 0.3 is 29.6 Å². The number of aryl methyl sites for hydroxylation is 1. The third-order valence-corrected chi connectivity index (χ3v) is 2.16. The van der Waals surface area contributed by atoms with Crippen LogP contribution < -0.4 is 34.7 Å². The van der Waals surface area contributed by atoms with Crippen LogP contribution in [0.3, 0.4) is 0 Å². The van der Waals surface area contributed by atoms with Crippen LogP contribution in [0.2, 0.25) is 0 Å². The van der Waals surface area contributed by atoms with Gasteiger partial charge in [0.05, 0.1) is 11.8 Å². The summed E-state index contributed by atoms with van der Waals surface area (Å²) in [5, 5.41) is 14.5. The van der Waals surface area contributed by atoms with Gasteiger partial charge in [-0.1, -0.05) is 5.76 Å². The van der Waals surface area contributed by atoms with E-state index in [-0.39, 0.29) is 35.1 Å². The minimum absolute atomic E-state index is 0. The van der Waals surface area contributed by atoms with Crippen LogP contribution >= 0.6 is 0 Å². The van der Waals surface area contributed by atoms with E-state index in [0.717, 1.165) is 0 Å². The standard InChI is InChI=1S/C10H12F2N2O2.Na/c1-3-14-6(2)7(5-13-14)8(15)4-9(16)10(11)12;/h4-5,10,16H,3H2,1-2H3;/q;+1/p-1. The normalized spacial score (nSPS) is 11.5. The zero-order valence-corrected chi connectivity index (χ0v) is 11.9. The molecule has 0 radical (unpaired) electrons. The molecule has 0 saturated carbocycles. The van der Waals surface area contributed by atoms with Gasteiger partial charge in [-0.05, 0) is 19.9 Å². The number of aromatic nitrogens is 2. The summed E-state index contributed by atoms with van der Waals surface area (Å²) in [4.78, 5) is 11.4. The number of rotatable bonds is 4. The van der Waals surface area contributed by atoms with Crippen LogP contribution in [0, 0.1) is 6.92 Å². The first kappa shape index (κ1) is 16.3. The van der Waals surface area contributed by atoms with Gasteiger partial charge in [0.25, 0.3) is 0 Å². The maximum Gasteiger partial charge on any atom is 1.00 e. The Morgan fingerprint density at radius 2 is 2.24 bits per heavy atom. The molecule has 17 heavy (non-hydrogen) atoms. The first-order chi connectivity index (χ1) is 7.47. The Morgan fingerprint density at radius 3 is 2.65 bits per heavy atom. The second-order valence-electron chi connectivity index (χ2n) is 3.17. The van der Waals surface area contributed by atoms with Crippen molar-refractivity contribution in [3.63, 3.8) is 0 Å². The number of halogens is 2. The number of carbonyl (C=O) groups is 1. The van der Waals surface area contributed by atoms with Gasteiger partial charge < -0.3 is 5.11 Å². The molecular formula is C10H11F2N2NaO2. The summed E-state index contributed by atoms with van der Waals surface area (Å²) in [5.74, 6) is -2.21. The van der Waals surface area contributed by atoms with Crippen molar-refractivity contribution in [2.75, 3.05) is 0 Å². The van der Waals surface area contributed by atoms with E-state index in [2.05, 4.69) is 5.10 Å². The van der Waals surface area contributed by atoms with E-state index in [1.807, 2.05) is 6.92 Å². The summed E-state index contributed by atoms with van der Waals surface area (Å²) < 4.78 is 25.4. The molecule has 1 aromatic heterocycles. The largest absolute Gasteiger partial charge is 1.00 e. The number of hydrogen-bond acceptors (Lipinski definition) is 3. The van der Waals surface area contributed by atoms with Gasteiger partial charge in [0.1, 0.15) is 0 Å². The molecular weight excluding hydrogens is 241 g/mol. The van der Waals surface area contributed by atoms with E-state index in [4.69, 9.17) is 0 Å². The van der Waals surface area contributed by atoms with Crippen LogP contribution in [0.5, 0.6) is 0 Å². The van der Waals surface area contributed by atoms with Gasteiger partial charge in [-0.15, -0.1) is 0 Å². The minimum Gasteiger partial charge on any atom is -0.872 e. The van der Waals surface area contributed by atoms with Gasteiger partial charge in [0.2, 0.25) is 6.43 Å². The second kappa shape index (κ2) is 6.88. The average molecular weight is 252 g/mol. The molecule has 0 N–H and O–H groups in total. The quantitative estimate of drug-likeness (QED) is 0.267. The molecule has 0 bridgehead atoms. The molecule has 0 fully saturated rings. The molecule has 0 aliphatic rings. The molecule has 0 aromatic carbocycles. The second-order valence-corrected chi connectivity index (χ2v) is 3.17. The van der Waals surface area contributed by atoms with Gasteiger partial charge in [0.15, 0.2) is 5.78 Å². The van der Waals surface area contributed by atoms with E-state index in [0.29, 0.717) is 18.3 Å². The van der Waals surface area contributed by atoms with Crippen molar-refractivity contribution in [2.45, 2.75) is 26.8 Å². The molecule has 0 amide bonds. The fraction of sp³-hybridized carbons (Fsp3) is 0.400. The van der Waals surface area contributed by atoms with Crippen molar-refractivity contribution in [3.8, 4) is 0 Å². The van der Waals surface area contributed by atoms with Crippen LogP contribution in [-0.4, -0.2) is 22.0 Å². The Kier molecular flexibility index (Phi) is 6.59. The predicted octanol–water partition coefficient (Wildman–Crippen LogP) is -2.09. The molecule has 0 aliphatic heterocycles. The number of ketones is 1. The SMILES string of the molecule is CCn1ncc(C(=O)C=C([O-])C(F)F)c1C.[Na+]. The molecule has 0 unspecified atom stereocenters. The number of nitrogens with zero attached hydrogens (tertiary/aromatic N) is 2. The van der Waals surface area contributed by atoms with Crippen LogP contribution in [0.1, 0.15) is 23.0 Å². The Balaban J connectivity index is 0.00000256. The van der Waals surface area contributed by atoms with E-state index in [9.17, 15) is 18.7 Å². The van der Waals surface area contributed by atoms with Crippen molar-refractivity contribution in [1.29, 1.82) is 0 Å². The molecule has 4 nitrogen and oxygen atoms in total. The van der Waals surface area contributed by atoms with Gasteiger partial charge in [-0.3, -0.25) is 9.48 Å². The fourth-order valence-electron chi connectivity index (χ4n) is 1.28. The third-order valence-electron chi connectivity index (χ3n) is 2.16. The van der Waals surface area contributed by atoms with Crippen LogP contribution in [0.15, 0.2) is 18.0 Å². The summed E-state index contributed by atoms with van der Waals surface area (Å²) in [7, 11) is 0. The molecule has 0 aliphatic carbocycles. The van der Waals surface area contributed by atoms with E-state index >= 15 is 0 Å². The average Bonchev–Trinajstić information content (AvgIpc) is 2.59. The summed E-state index contributed by atoms with van der Waals surface area (Å²) >= 11 is 0. The van der Waals surface area contributed by atoms with E-state index < -0.39 is 18.0 Å². The maximum absolute atomic E-state index is 11.9. The smallest absolute Gasteiger partial charge is 0.872 e. The van der Waals surface area contributed by atoms with E-state index in [1.165, 1.54) is 6.20 Å². The topological polar surface area (TPSA) is 58.0 Å². The summed E-state index contributed by atoms with van der Waals surface area (Å²) in [6, 6.07) is 0. The molecule has 7 heteroatoms. The molecule has 1 heterocycles. The van der Waals surface area contributed by atoms with Gasteiger partial charge in [-0.25, -0.2) is 8.78 Å². The number of allylic oxidation sites excluding steroid dienone is 2. The first-order valence-electron chi connectivity index (χ1n) is 4.70. The number of alkyl halides is 2.